The van der Waals surface area contributed by atoms with E-state index < -0.39 is 10.0 Å². The first-order chi connectivity index (χ1) is 11.0. The number of benzene rings is 1. The van der Waals surface area contributed by atoms with Crippen LogP contribution in [0.4, 0.5) is 11.4 Å². The Morgan fingerprint density at radius 3 is 2.43 bits per heavy atom. The number of nitrogens with zero attached hydrogens (tertiary/aromatic N) is 2. The number of carbonyl (C=O) groups excluding carboxylic acids is 1. The van der Waals surface area contributed by atoms with Crippen LogP contribution in [0.5, 0.6) is 0 Å². The highest BCUT2D eigenvalue weighted by molar-refractivity contribution is 7.92. The summed E-state index contributed by atoms with van der Waals surface area (Å²) in [7, 11) is -3.36. The number of amides is 1. The number of fused-ring (bicyclic) bond motifs is 1. The Balaban J connectivity index is 1.96. The van der Waals surface area contributed by atoms with E-state index in [-0.39, 0.29) is 11.8 Å². The van der Waals surface area contributed by atoms with Gasteiger partial charge in [0.1, 0.15) is 0 Å². The van der Waals surface area contributed by atoms with Gasteiger partial charge in [0.05, 0.1) is 17.6 Å². The molecule has 3 rings (SSSR count). The number of hydrogen-bond donors (Lipinski definition) is 0. The van der Waals surface area contributed by atoms with Crippen molar-refractivity contribution in [1.29, 1.82) is 0 Å². The molecular weight excluding hydrogens is 316 g/mol. The highest BCUT2D eigenvalue weighted by Gasteiger charge is 2.32. The Labute approximate surface area is 137 Å². The Kier molecular flexibility index (Phi) is 4.59. The average molecular weight is 338 g/mol. The van der Waals surface area contributed by atoms with Crippen molar-refractivity contribution >= 4 is 27.3 Å². The first-order valence-corrected chi connectivity index (χ1v) is 9.79. The van der Waals surface area contributed by atoms with Crippen molar-refractivity contribution < 1.29 is 17.9 Å². The van der Waals surface area contributed by atoms with E-state index in [0.29, 0.717) is 44.1 Å². The van der Waals surface area contributed by atoms with E-state index in [2.05, 4.69) is 0 Å². The quantitative estimate of drug-likeness (QED) is 0.822. The molecule has 1 saturated heterocycles. The zero-order valence-electron chi connectivity index (χ0n) is 13.3. The van der Waals surface area contributed by atoms with Crippen molar-refractivity contribution in [3.8, 4) is 0 Å². The topological polar surface area (TPSA) is 66.9 Å². The molecule has 0 saturated carbocycles. The van der Waals surface area contributed by atoms with E-state index in [0.717, 1.165) is 12.8 Å². The van der Waals surface area contributed by atoms with Crippen molar-refractivity contribution in [1.82, 2.24) is 0 Å². The van der Waals surface area contributed by atoms with Crippen molar-refractivity contribution in [2.75, 3.05) is 41.8 Å². The van der Waals surface area contributed by atoms with Gasteiger partial charge in [-0.3, -0.25) is 9.10 Å². The van der Waals surface area contributed by atoms with E-state index in [9.17, 15) is 13.2 Å². The molecule has 2 aliphatic heterocycles. The van der Waals surface area contributed by atoms with Crippen LogP contribution in [0, 0.1) is 5.92 Å². The highest BCUT2D eigenvalue weighted by atomic mass is 32.2. The smallest absolute Gasteiger partial charge is 0.232 e. The van der Waals surface area contributed by atoms with Crippen LogP contribution >= 0.6 is 0 Å². The third kappa shape index (κ3) is 3.35. The normalized spacial score (nSPS) is 20.0. The molecule has 2 aliphatic rings. The van der Waals surface area contributed by atoms with E-state index in [1.165, 1.54) is 10.6 Å². The lowest BCUT2D eigenvalue weighted by atomic mass is 9.98. The number of ether oxygens (including phenoxy) is 1. The monoisotopic (exact) mass is 338 g/mol. The van der Waals surface area contributed by atoms with Crippen molar-refractivity contribution in [3.05, 3.63) is 24.3 Å². The molecule has 1 aromatic carbocycles. The second kappa shape index (κ2) is 6.49. The van der Waals surface area contributed by atoms with E-state index in [1.807, 2.05) is 12.1 Å². The summed E-state index contributed by atoms with van der Waals surface area (Å²) in [5.41, 5.74) is 1.28. The van der Waals surface area contributed by atoms with Gasteiger partial charge < -0.3 is 9.64 Å². The molecule has 6 nitrogen and oxygen atoms in total. The molecule has 0 bridgehead atoms. The molecule has 1 amide bonds. The van der Waals surface area contributed by atoms with Crippen molar-refractivity contribution in [3.63, 3.8) is 0 Å². The average Bonchev–Trinajstić information content (AvgIpc) is 2.74. The van der Waals surface area contributed by atoms with Crippen LogP contribution in [-0.4, -0.2) is 46.9 Å². The van der Waals surface area contributed by atoms with E-state index in [4.69, 9.17) is 4.74 Å². The van der Waals surface area contributed by atoms with Gasteiger partial charge >= 0.3 is 0 Å². The fourth-order valence-electron chi connectivity index (χ4n) is 3.25. The predicted molar refractivity (Wildman–Crippen MR) is 89.1 cm³/mol. The van der Waals surface area contributed by atoms with Crippen molar-refractivity contribution in [2.24, 2.45) is 5.92 Å². The summed E-state index contributed by atoms with van der Waals surface area (Å²) in [5.74, 6) is 0.0395. The van der Waals surface area contributed by atoms with Crippen LogP contribution in [0.1, 0.15) is 19.3 Å². The maximum Gasteiger partial charge on any atom is 0.232 e. The van der Waals surface area contributed by atoms with Crippen LogP contribution in [0.3, 0.4) is 0 Å². The van der Waals surface area contributed by atoms with Crippen LogP contribution in [0.25, 0.3) is 0 Å². The maximum atomic E-state index is 12.9. The molecule has 0 atom stereocenters. The van der Waals surface area contributed by atoms with Gasteiger partial charge in [0.25, 0.3) is 0 Å². The van der Waals surface area contributed by atoms with E-state index >= 15 is 0 Å². The molecule has 0 spiro atoms. The molecule has 1 aromatic rings. The second-order valence-electron chi connectivity index (χ2n) is 6.05. The molecular formula is C16H22N2O4S. The third-order valence-electron chi connectivity index (χ3n) is 4.42. The lowest BCUT2D eigenvalue weighted by Gasteiger charge is -2.30. The number of carbonyl (C=O) groups is 1. The van der Waals surface area contributed by atoms with Crippen LogP contribution in [0.15, 0.2) is 24.3 Å². The Hall–Kier alpha value is -1.60. The van der Waals surface area contributed by atoms with Gasteiger partial charge in [-0.15, -0.1) is 0 Å². The summed E-state index contributed by atoms with van der Waals surface area (Å²) >= 11 is 0. The third-order valence-corrected chi connectivity index (χ3v) is 5.60. The standard InChI is InChI=1S/C16H22N2O4S/c1-23(20,21)18-10-4-9-17(14-5-2-3-6-15(14)18)16(19)13-7-11-22-12-8-13/h2-3,5-6,13H,4,7-12H2,1H3. The molecule has 0 radical (unpaired) electrons. The van der Waals surface area contributed by atoms with Crippen molar-refractivity contribution in [2.45, 2.75) is 19.3 Å². The number of hydrogen-bond acceptors (Lipinski definition) is 4. The Bertz CT molecular complexity index is 683. The van der Waals surface area contributed by atoms with E-state index in [1.54, 1.807) is 17.0 Å². The fourth-order valence-corrected chi connectivity index (χ4v) is 4.23. The minimum atomic E-state index is -3.36. The number of para-hydroxylation sites is 2. The predicted octanol–water partition coefficient (Wildman–Crippen LogP) is 1.62. The molecule has 23 heavy (non-hydrogen) atoms. The molecule has 1 fully saturated rings. The lowest BCUT2D eigenvalue weighted by Crippen LogP contribution is -2.39. The largest absolute Gasteiger partial charge is 0.381 e. The van der Waals surface area contributed by atoms with Crippen LogP contribution < -0.4 is 9.21 Å². The summed E-state index contributed by atoms with van der Waals surface area (Å²) in [6, 6.07) is 7.25. The minimum absolute atomic E-state index is 0.0402. The molecule has 126 valence electrons. The minimum Gasteiger partial charge on any atom is -0.381 e. The number of sulfonamides is 1. The summed E-state index contributed by atoms with van der Waals surface area (Å²) in [5, 5.41) is 0. The zero-order chi connectivity index (χ0) is 16.4. The molecule has 7 heteroatoms. The SMILES string of the molecule is CS(=O)(=O)N1CCCN(C(=O)C2CCOCC2)c2ccccc21. The van der Waals surface area contributed by atoms with Gasteiger partial charge in [0.15, 0.2) is 0 Å². The zero-order valence-corrected chi connectivity index (χ0v) is 14.1. The van der Waals surface area contributed by atoms with Gasteiger partial charge in [-0.05, 0) is 31.4 Å². The highest BCUT2D eigenvalue weighted by Crippen LogP contribution is 2.35. The fraction of sp³-hybridized carbons (Fsp3) is 0.562. The van der Waals surface area contributed by atoms with Gasteiger partial charge in [0.2, 0.25) is 15.9 Å². The first-order valence-electron chi connectivity index (χ1n) is 7.94. The van der Waals surface area contributed by atoms with Gasteiger partial charge in [0, 0.05) is 32.2 Å². The number of anilines is 2. The van der Waals surface area contributed by atoms with Gasteiger partial charge in [-0.1, -0.05) is 12.1 Å². The molecule has 0 aliphatic carbocycles. The van der Waals surface area contributed by atoms with Gasteiger partial charge in [-0.25, -0.2) is 8.42 Å². The van der Waals surface area contributed by atoms with Crippen LogP contribution in [-0.2, 0) is 19.6 Å². The second-order valence-corrected chi connectivity index (χ2v) is 7.96. The molecule has 0 unspecified atom stereocenters. The molecule has 2 heterocycles. The Morgan fingerprint density at radius 2 is 1.78 bits per heavy atom. The van der Waals surface area contributed by atoms with Gasteiger partial charge in [-0.2, -0.15) is 0 Å². The summed E-state index contributed by atoms with van der Waals surface area (Å²) < 4.78 is 30.9. The molecule has 0 aromatic heterocycles. The Morgan fingerprint density at radius 1 is 1.13 bits per heavy atom. The lowest BCUT2D eigenvalue weighted by molar-refractivity contribution is -0.125. The maximum absolute atomic E-state index is 12.9. The summed E-state index contributed by atoms with van der Waals surface area (Å²) in [6.07, 6.45) is 3.29. The summed E-state index contributed by atoms with van der Waals surface area (Å²) in [4.78, 5) is 14.7. The first kappa shape index (κ1) is 16.3. The van der Waals surface area contributed by atoms with Crippen LogP contribution in [0.2, 0.25) is 0 Å². The number of rotatable bonds is 2. The summed E-state index contributed by atoms with van der Waals surface area (Å²) in [6.45, 7) is 2.16. The molecule has 0 N–H and O–H groups in total.